The van der Waals surface area contributed by atoms with E-state index in [9.17, 15) is 4.79 Å². The topological polar surface area (TPSA) is 49.8 Å². The maximum absolute atomic E-state index is 10.8. The van der Waals surface area contributed by atoms with Gasteiger partial charge >= 0.3 is 5.97 Å². The lowest BCUT2D eigenvalue weighted by molar-refractivity contribution is -0.138. The van der Waals surface area contributed by atoms with Crippen molar-refractivity contribution >= 4 is 21.9 Å². The highest BCUT2D eigenvalue weighted by Gasteiger charge is 2.11. The normalized spacial score (nSPS) is 10.7. The van der Waals surface area contributed by atoms with Crippen LogP contribution in [0.5, 0.6) is 5.75 Å². The van der Waals surface area contributed by atoms with Crippen molar-refractivity contribution in [2.24, 2.45) is 0 Å². The Morgan fingerprint density at radius 1 is 1.50 bits per heavy atom. The predicted octanol–water partition coefficient (Wildman–Crippen LogP) is 2.75. The van der Waals surface area contributed by atoms with Crippen LogP contribution in [0, 0.1) is 0 Å². The second kappa shape index (κ2) is 7.38. The van der Waals surface area contributed by atoms with Crippen LogP contribution in [-0.2, 0) is 11.3 Å². The number of aliphatic carboxylic acids is 1. The van der Waals surface area contributed by atoms with Gasteiger partial charge in [0.2, 0.25) is 0 Å². The van der Waals surface area contributed by atoms with Gasteiger partial charge in [-0.3, -0.25) is 9.69 Å². The molecule has 0 amide bonds. The molecule has 18 heavy (non-hydrogen) atoms. The highest BCUT2D eigenvalue weighted by Crippen LogP contribution is 2.23. The highest BCUT2D eigenvalue weighted by atomic mass is 79.9. The second-order valence-electron chi connectivity index (χ2n) is 4.06. The minimum Gasteiger partial charge on any atom is -0.497 e. The number of ether oxygens (including phenoxy) is 1. The summed E-state index contributed by atoms with van der Waals surface area (Å²) in [6, 6.07) is 5.71. The molecule has 0 radical (unpaired) electrons. The first kappa shape index (κ1) is 15.0. The minimum absolute atomic E-state index is 0.0531. The third kappa shape index (κ3) is 4.66. The van der Waals surface area contributed by atoms with E-state index in [0.717, 1.165) is 28.8 Å². The van der Waals surface area contributed by atoms with Crippen LogP contribution in [0.1, 0.15) is 18.9 Å². The number of hydrogen-bond donors (Lipinski definition) is 1. The van der Waals surface area contributed by atoms with E-state index in [0.29, 0.717) is 6.54 Å². The molecule has 5 heteroatoms. The van der Waals surface area contributed by atoms with Crippen LogP contribution in [0.4, 0.5) is 0 Å². The quantitative estimate of drug-likeness (QED) is 0.840. The molecule has 4 nitrogen and oxygen atoms in total. The Morgan fingerprint density at radius 2 is 2.22 bits per heavy atom. The number of carboxylic acids is 1. The van der Waals surface area contributed by atoms with E-state index in [1.165, 1.54) is 0 Å². The number of carbonyl (C=O) groups is 1. The Labute approximate surface area is 116 Å². The standard InChI is InChI=1S/C13H18BrNO3/c1-3-6-15(9-13(16)17)8-10-7-11(18-2)4-5-12(10)14/h4-5,7H,3,6,8-9H2,1-2H3,(H,16,17). The number of benzene rings is 1. The van der Waals surface area contributed by atoms with E-state index < -0.39 is 5.97 Å². The summed E-state index contributed by atoms with van der Waals surface area (Å²) in [6.45, 7) is 3.45. The van der Waals surface area contributed by atoms with Gasteiger partial charge in [0.05, 0.1) is 13.7 Å². The molecule has 0 saturated carbocycles. The Morgan fingerprint density at radius 3 is 2.78 bits per heavy atom. The summed E-state index contributed by atoms with van der Waals surface area (Å²) in [7, 11) is 1.62. The van der Waals surface area contributed by atoms with E-state index in [1.807, 2.05) is 30.0 Å². The van der Waals surface area contributed by atoms with Crippen molar-refractivity contribution in [3.63, 3.8) is 0 Å². The summed E-state index contributed by atoms with van der Waals surface area (Å²) in [5.41, 5.74) is 1.03. The fraction of sp³-hybridized carbons (Fsp3) is 0.462. The lowest BCUT2D eigenvalue weighted by Crippen LogP contribution is -2.30. The van der Waals surface area contributed by atoms with Gasteiger partial charge in [-0.2, -0.15) is 0 Å². The summed E-state index contributed by atoms with van der Waals surface area (Å²) in [5, 5.41) is 8.88. The van der Waals surface area contributed by atoms with Crippen molar-refractivity contribution in [1.29, 1.82) is 0 Å². The van der Waals surface area contributed by atoms with Crippen molar-refractivity contribution in [2.45, 2.75) is 19.9 Å². The Hall–Kier alpha value is -1.07. The van der Waals surface area contributed by atoms with Crippen LogP contribution < -0.4 is 4.74 Å². The fourth-order valence-electron chi connectivity index (χ4n) is 1.76. The van der Waals surface area contributed by atoms with E-state index in [2.05, 4.69) is 15.9 Å². The van der Waals surface area contributed by atoms with Gasteiger partial charge in [0.15, 0.2) is 0 Å². The average molecular weight is 316 g/mol. The predicted molar refractivity (Wildman–Crippen MR) is 73.9 cm³/mol. The molecule has 0 aliphatic rings. The van der Waals surface area contributed by atoms with Crippen LogP contribution in [0.25, 0.3) is 0 Å². The van der Waals surface area contributed by atoms with Gasteiger partial charge in [0, 0.05) is 11.0 Å². The molecule has 1 aromatic rings. The summed E-state index contributed by atoms with van der Waals surface area (Å²) in [6.07, 6.45) is 0.925. The molecule has 0 saturated heterocycles. The molecule has 1 rings (SSSR count). The van der Waals surface area contributed by atoms with Crippen molar-refractivity contribution in [2.75, 3.05) is 20.2 Å². The van der Waals surface area contributed by atoms with E-state index in [1.54, 1.807) is 7.11 Å². The zero-order valence-corrected chi connectivity index (χ0v) is 12.2. The number of carboxylic acid groups (broad SMARTS) is 1. The van der Waals surface area contributed by atoms with Gasteiger partial charge in [-0.15, -0.1) is 0 Å². The molecule has 0 unspecified atom stereocenters. The molecule has 0 aliphatic heterocycles. The molecule has 1 N–H and O–H groups in total. The molecule has 0 bridgehead atoms. The molecule has 1 aromatic carbocycles. The molecule has 0 spiro atoms. The molecule has 0 fully saturated rings. The maximum atomic E-state index is 10.8. The summed E-state index contributed by atoms with van der Waals surface area (Å²) >= 11 is 3.48. The molecule has 0 atom stereocenters. The summed E-state index contributed by atoms with van der Waals surface area (Å²) in [4.78, 5) is 12.7. The Balaban J connectivity index is 2.81. The lowest BCUT2D eigenvalue weighted by atomic mass is 10.2. The summed E-state index contributed by atoms with van der Waals surface area (Å²) < 4.78 is 6.14. The Kier molecular flexibility index (Phi) is 6.15. The van der Waals surface area contributed by atoms with E-state index in [-0.39, 0.29) is 6.54 Å². The molecule has 0 heterocycles. The number of halogens is 1. The highest BCUT2D eigenvalue weighted by molar-refractivity contribution is 9.10. The third-order valence-corrected chi connectivity index (χ3v) is 3.32. The number of hydrogen-bond acceptors (Lipinski definition) is 3. The van der Waals surface area contributed by atoms with Crippen molar-refractivity contribution in [3.8, 4) is 5.75 Å². The van der Waals surface area contributed by atoms with Crippen molar-refractivity contribution in [3.05, 3.63) is 28.2 Å². The molecule has 0 aromatic heterocycles. The van der Waals surface area contributed by atoms with Crippen LogP contribution in [-0.4, -0.2) is 36.2 Å². The smallest absolute Gasteiger partial charge is 0.317 e. The Bertz CT molecular complexity index is 409. The first-order chi connectivity index (χ1) is 8.56. The zero-order chi connectivity index (χ0) is 13.5. The molecular weight excluding hydrogens is 298 g/mol. The van der Waals surface area contributed by atoms with Gasteiger partial charge in [-0.05, 0) is 36.7 Å². The van der Waals surface area contributed by atoms with Crippen LogP contribution in [0.3, 0.4) is 0 Å². The SMILES string of the molecule is CCCN(CC(=O)O)Cc1cc(OC)ccc1Br. The van der Waals surface area contributed by atoms with Crippen LogP contribution >= 0.6 is 15.9 Å². The first-order valence-electron chi connectivity index (χ1n) is 5.83. The molecule has 100 valence electrons. The number of nitrogens with zero attached hydrogens (tertiary/aromatic N) is 1. The van der Waals surface area contributed by atoms with E-state index in [4.69, 9.17) is 9.84 Å². The number of rotatable bonds is 7. The van der Waals surface area contributed by atoms with Crippen molar-refractivity contribution < 1.29 is 14.6 Å². The maximum Gasteiger partial charge on any atom is 0.317 e. The minimum atomic E-state index is -0.803. The molecular formula is C13H18BrNO3. The van der Waals surface area contributed by atoms with Gasteiger partial charge in [-0.1, -0.05) is 22.9 Å². The average Bonchev–Trinajstić information content (AvgIpc) is 2.31. The summed E-state index contributed by atoms with van der Waals surface area (Å²) in [5.74, 6) is -0.0255. The number of methoxy groups -OCH3 is 1. The van der Waals surface area contributed by atoms with Gasteiger partial charge in [0.1, 0.15) is 5.75 Å². The van der Waals surface area contributed by atoms with Crippen LogP contribution in [0.15, 0.2) is 22.7 Å². The second-order valence-corrected chi connectivity index (χ2v) is 4.92. The largest absolute Gasteiger partial charge is 0.497 e. The monoisotopic (exact) mass is 315 g/mol. The third-order valence-electron chi connectivity index (χ3n) is 2.55. The van der Waals surface area contributed by atoms with Crippen LogP contribution in [0.2, 0.25) is 0 Å². The fourth-order valence-corrected chi connectivity index (χ4v) is 2.13. The lowest BCUT2D eigenvalue weighted by Gasteiger charge is -2.20. The molecule has 0 aliphatic carbocycles. The van der Waals surface area contributed by atoms with Crippen molar-refractivity contribution in [1.82, 2.24) is 4.90 Å². The van der Waals surface area contributed by atoms with Gasteiger partial charge in [-0.25, -0.2) is 0 Å². The van der Waals surface area contributed by atoms with Gasteiger partial charge < -0.3 is 9.84 Å². The van der Waals surface area contributed by atoms with E-state index >= 15 is 0 Å². The zero-order valence-electron chi connectivity index (χ0n) is 10.6. The first-order valence-corrected chi connectivity index (χ1v) is 6.62. The van der Waals surface area contributed by atoms with Gasteiger partial charge in [0.25, 0.3) is 0 Å².